The van der Waals surface area contributed by atoms with E-state index >= 15 is 0 Å². The maximum atomic E-state index is 5.06. The molecule has 0 radical (unpaired) electrons. The third-order valence-electron chi connectivity index (χ3n) is 6.43. The maximum absolute atomic E-state index is 5.06. The summed E-state index contributed by atoms with van der Waals surface area (Å²) in [6.45, 7) is 3.80. The lowest BCUT2D eigenvalue weighted by Gasteiger charge is -2.05. The molecule has 0 spiro atoms. The van der Waals surface area contributed by atoms with Crippen LogP contribution in [0.15, 0.2) is 65.4 Å². The van der Waals surface area contributed by atoms with Crippen LogP contribution in [0.1, 0.15) is 35.5 Å². The number of pyridine rings is 2. The first-order valence-electron chi connectivity index (χ1n) is 11.6. The average molecular weight is 479 g/mol. The lowest BCUT2D eigenvalue weighted by Crippen LogP contribution is -2.11. The monoisotopic (exact) mass is 478 g/mol. The van der Waals surface area contributed by atoms with Crippen LogP contribution in [0.4, 0.5) is 0 Å². The van der Waals surface area contributed by atoms with E-state index in [9.17, 15) is 0 Å². The van der Waals surface area contributed by atoms with Crippen LogP contribution in [0.25, 0.3) is 39.3 Å². The first-order chi connectivity index (χ1) is 17.3. The van der Waals surface area contributed by atoms with Gasteiger partial charge in [-0.3, -0.25) is 10.1 Å². The summed E-state index contributed by atoms with van der Waals surface area (Å²) in [5.74, 6) is 0.756. The largest absolute Gasteiger partial charge is 0.373 e. The van der Waals surface area contributed by atoms with E-state index in [1.165, 1.54) is 11.3 Å². The minimum Gasteiger partial charge on any atom is -0.373 e. The molecule has 4 N–H and O–H groups in total. The predicted octanol–water partition coefficient (Wildman–Crippen LogP) is 4.55. The molecular weight excluding hydrogens is 456 g/mol. The topological polar surface area (TPSA) is 117 Å². The fourth-order valence-corrected chi connectivity index (χ4v) is 5.22. The Morgan fingerprint density at radius 1 is 1.09 bits per heavy atom. The molecule has 8 nitrogen and oxygen atoms in total. The number of hydrogen-bond donors (Lipinski definition) is 4. The highest BCUT2D eigenvalue weighted by atomic mass is 32.1. The molecule has 1 unspecified atom stereocenters. The first-order valence-corrected chi connectivity index (χ1v) is 12.5. The molecule has 5 aromatic heterocycles. The van der Waals surface area contributed by atoms with Crippen LogP contribution in [0, 0.1) is 0 Å². The Hall–Kier alpha value is -4.08. The van der Waals surface area contributed by atoms with Crippen molar-refractivity contribution in [3.63, 3.8) is 0 Å². The number of imidazole rings is 1. The number of thiophene rings is 1. The quantitative estimate of drug-likeness (QED) is 0.266. The van der Waals surface area contributed by atoms with Crippen molar-refractivity contribution in [1.29, 1.82) is 0 Å². The van der Waals surface area contributed by atoms with Gasteiger partial charge in [-0.15, -0.1) is 0 Å². The smallest absolute Gasteiger partial charge is 0.181 e. The van der Waals surface area contributed by atoms with Crippen molar-refractivity contribution in [1.82, 2.24) is 40.8 Å². The van der Waals surface area contributed by atoms with Gasteiger partial charge in [-0.2, -0.15) is 16.4 Å². The molecule has 0 amide bonds. The normalized spacial score (nSPS) is 16.2. The van der Waals surface area contributed by atoms with E-state index in [-0.39, 0.29) is 6.04 Å². The summed E-state index contributed by atoms with van der Waals surface area (Å²) < 4.78 is 0. The van der Waals surface area contributed by atoms with Gasteiger partial charge in [0.2, 0.25) is 0 Å². The van der Waals surface area contributed by atoms with Gasteiger partial charge in [0, 0.05) is 47.5 Å². The van der Waals surface area contributed by atoms with E-state index in [1.807, 2.05) is 18.6 Å². The Bertz CT molecular complexity index is 1620. The van der Waals surface area contributed by atoms with Crippen molar-refractivity contribution >= 4 is 27.9 Å². The van der Waals surface area contributed by atoms with E-state index in [4.69, 9.17) is 4.98 Å². The number of rotatable bonds is 6. The third kappa shape index (κ3) is 3.48. The number of fused-ring (bicyclic) bond motifs is 4. The zero-order chi connectivity index (χ0) is 23.4. The molecule has 2 aliphatic rings. The Labute approximate surface area is 205 Å². The van der Waals surface area contributed by atoms with Gasteiger partial charge in [0.1, 0.15) is 11.7 Å². The summed E-state index contributed by atoms with van der Waals surface area (Å²) in [5, 5.41) is 19.6. The SMILES string of the molecule is CCNCc1cncc(-c2cnc3n[nH]c(-c4nc5c([nH]4)C4NC4=CC=C5c4ccsc4)c3c2)c1. The van der Waals surface area contributed by atoms with Crippen LogP contribution in [0.3, 0.4) is 0 Å². The molecule has 7 rings (SSSR count). The second-order valence-electron chi connectivity index (χ2n) is 8.70. The molecule has 35 heavy (non-hydrogen) atoms. The van der Waals surface area contributed by atoms with Crippen LogP contribution in [0.2, 0.25) is 0 Å². The van der Waals surface area contributed by atoms with Crippen molar-refractivity contribution in [2.75, 3.05) is 6.54 Å². The molecule has 0 aromatic carbocycles. The van der Waals surface area contributed by atoms with Crippen LogP contribution in [0.5, 0.6) is 0 Å². The fourth-order valence-electron chi connectivity index (χ4n) is 4.57. The number of aromatic amines is 2. The Morgan fingerprint density at radius 3 is 2.91 bits per heavy atom. The van der Waals surface area contributed by atoms with Crippen molar-refractivity contribution in [3.8, 4) is 22.6 Å². The predicted molar refractivity (Wildman–Crippen MR) is 137 cm³/mol. The summed E-state index contributed by atoms with van der Waals surface area (Å²) in [6, 6.07) is 6.57. The van der Waals surface area contributed by atoms with E-state index in [2.05, 4.69) is 83.8 Å². The third-order valence-corrected chi connectivity index (χ3v) is 7.11. The standard InChI is InChI=1S/C26H22N8S/c1-2-27-9-14-7-16(11-28-10-14)17-8-19-22(33-34-25(19)29-12-17)26-31-21-18(15-5-6-35-13-15)3-4-20-23(30-20)24(21)32-26/h3-8,10-13,23,27,30H,2,9H2,1H3,(H,31,32)(H,29,33,34). The maximum Gasteiger partial charge on any atom is 0.181 e. The van der Waals surface area contributed by atoms with Crippen molar-refractivity contribution in [2.24, 2.45) is 0 Å². The lowest BCUT2D eigenvalue weighted by atomic mass is 10.0. The van der Waals surface area contributed by atoms with Crippen LogP contribution >= 0.6 is 11.3 Å². The Balaban J connectivity index is 1.31. The molecule has 1 aliphatic heterocycles. The van der Waals surface area contributed by atoms with Gasteiger partial charge in [-0.1, -0.05) is 13.0 Å². The molecule has 5 aromatic rings. The summed E-state index contributed by atoms with van der Waals surface area (Å²) >= 11 is 1.69. The van der Waals surface area contributed by atoms with Gasteiger partial charge in [0.25, 0.3) is 0 Å². The molecule has 1 aliphatic carbocycles. The Morgan fingerprint density at radius 2 is 2.03 bits per heavy atom. The molecule has 0 bridgehead atoms. The van der Waals surface area contributed by atoms with Gasteiger partial charge in [-0.25, -0.2) is 9.97 Å². The number of aromatic nitrogens is 6. The molecule has 1 saturated heterocycles. The molecule has 6 heterocycles. The van der Waals surface area contributed by atoms with Gasteiger partial charge in [0.05, 0.1) is 16.8 Å². The Kier molecular flexibility index (Phi) is 4.64. The van der Waals surface area contributed by atoms with Gasteiger partial charge < -0.3 is 15.6 Å². The lowest BCUT2D eigenvalue weighted by molar-refractivity contribution is 0.724. The summed E-state index contributed by atoms with van der Waals surface area (Å²) in [4.78, 5) is 17.7. The van der Waals surface area contributed by atoms with Crippen molar-refractivity contribution < 1.29 is 0 Å². The highest BCUT2D eigenvalue weighted by Gasteiger charge is 2.37. The van der Waals surface area contributed by atoms with Crippen LogP contribution in [-0.4, -0.2) is 36.7 Å². The van der Waals surface area contributed by atoms with Gasteiger partial charge >= 0.3 is 0 Å². The highest BCUT2D eigenvalue weighted by molar-refractivity contribution is 7.08. The average Bonchev–Trinajstić information content (AvgIpc) is 3.24. The minimum absolute atomic E-state index is 0.173. The van der Waals surface area contributed by atoms with Gasteiger partial charge in [-0.05, 0) is 52.7 Å². The van der Waals surface area contributed by atoms with E-state index in [1.54, 1.807) is 11.3 Å². The second kappa shape index (κ2) is 8.00. The second-order valence-corrected chi connectivity index (χ2v) is 9.48. The molecule has 9 heteroatoms. The molecule has 0 saturated carbocycles. The zero-order valence-electron chi connectivity index (χ0n) is 19.0. The van der Waals surface area contributed by atoms with E-state index in [0.29, 0.717) is 5.65 Å². The fraction of sp³-hybridized carbons (Fsp3) is 0.154. The molecule has 172 valence electrons. The van der Waals surface area contributed by atoms with Crippen molar-refractivity contribution in [3.05, 3.63) is 87.9 Å². The summed E-state index contributed by atoms with van der Waals surface area (Å²) in [5.41, 5.74) is 10.2. The van der Waals surface area contributed by atoms with Crippen LogP contribution < -0.4 is 10.6 Å². The summed E-state index contributed by atoms with van der Waals surface area (Å²) in [7, 11) is 0. The van der Waals surface area contributed by atoms with Crippen LogP contribution in [-0.2, 0) is 6.54 Å². The number of H-pyrrole nitrogens is 2. The molecule has 1 fully saturated rings. The minimum atomic E-state index is 0.173. The summed E-state index contributed by atoms with van der Waals surface area (Å²) in [6.07, 6.45) is 9.91. The van der Waals surface area contributed by atoms with Crippen molar-refractivity contribution in [2.45, 2.75) is 19.5 Å². The van der Waals surface area contributed by atoms with Gasteiger partial charge in [0.15, 0.2) is 11.5 Å². The number of nitrogens with one attached hydrogen (secondary N) is 4. The first kappa shape index (κ1) is 20.3. The van der Waals surface area contributed by atoms with E-state index in [0.717, 1.165) is 63.6 Å². The number of nitrogens with zero attached hydrogens (tertiary/aromatic N) is 4. The highest BCUT2D eigenvalue weighted by Crippen LogP contribution is 2.42. The zero-order valence-corrected chi connectivity index (χ0v) is 19.8. The molecule has 1 atom stereocenters. The number of allylic oxidation sites excluding steroid dienone is 2. The molecular formula is C26H22N8S. The number of hydrogen-bond acceptors (Lipinski definition) is 7. The van der Waals surface area contributed by atoms with E-state index < -0.39 is 0 Å².